The zero-order valence-electron chi connectivity index (χ0n) is 11.1. The monoisotopic (exact) mass is 379 g/mol. The summed E-state index contributed by atoms with van der Waals surface area (Å²) >= 11 is 1.91. The molecule has 1 aromatic rings. The van der Waals surface area contributed by atoms with Crippen molar-refractivity contribution in [1.82, 2.24) is 9.88 Å². The van der Waals surface area contributed by atoms with E-state index in [9.17, 15) is 4.79 Å². The fourth-order valence-corrected chi connectivity index (χ4v) is 2.09. The summed E-state index contributed by atoms with van der Waals surface area (Å²) in [7, 11) is 0. The van der Waals surface area contributed by atoms with Crippen LogP contribution in [0, 0.1) is 0 Å². The molecule has 0 aliphatic carbocycles. The number of rotatable bonds is 10. The molecule has 1 heterocycles. The summed E-state index contributed by atoms with van der Waals surface area (Å²) < 4.78 is 6.86. The molecule has 3 N–H and O–H groups in total. The van der Waals surface area contributed by atoms with Crippen molar-refractivity contribution in [1.29, 1.82) is 0 Å². The molecule has 1 amide bonds. The highest BCUT2D eigenvalue weighted by Crippen LogP contribution is 2.01. The molecule has 6 heteroatoms. The van der Waals surface area contributed by atoms with Crippen LogP contribution in [0.5, 0.6) is 0 Å². The lowest BCUT2D eigenvalue weighted by atomic mass is 10.2. The lowest BCUT2D eigenvalue weighted by molar-refractivity contribution is -0.122. The predicted molar refractivity (Wildman–Crippen MR) is 83.9 cm³/mol. The van der Waals surface area contributed by atoms with E-state index >= 15 is 0 Å². The highest BCUT2D eigenvalue weighted by atomic mass is 127. The maximum absolute atomic E-state index is 11.7. The standard InChI is InChI=1S/C13H22IN3O2/c14-19-10-6-2-1-3-7-16-13(18)12(15)11-17-8-4-5-9-17/h4-5,8-9,12H,1-3,6-7,10-11,15H2,(H,16,18). The minimum atomic E-state index is -0.486. The van der Waals surface area contributed by atoms with E-state index in [2.05, 4.69) is 5.32 Å². The first kappa shape index (κ1) is 16.5. The molecule has 1 atom stereocenters. The van der Waals surface area contributed by atoms with Crippen LogP contribution >= 0.6 is 23.0 Å². The molecule has 0 aromatic carbocycles. The molecule has 0 saturated carbocycles. The molecule has 1 unspecified atom stereocenters. The van der Waals surface area contributed by atoms with E-state index in [1.807, 2.05) is 52.1 Å². The topological polar surface area (TPSA) is 69.3 Å². The zero-order valence-corrected chi connectivity index (χ0v) is 13.2. The number of amides is 1. The van der Waals surface area contributed by atoms with Crippen molar-refractivity contribution in [2.45, 2.75) is 38.3 Å². The number of carbonyl (C=O) groups is 1. The first-order valence-corrected chi connectivity index (χ1v) is 7.49. The minimum absolute atomic E-state index is 0.0794. The van der Waals surface area contributed by atoms with E-state index in [1.54, 1.807) is 0 Å². The van der Waals surface area contributed by atoms with E-state index in [1.165, 1.54) is 0 Å². The molecule has 0 fully saturated rings. The lowest BCUT2D eigenvalue weighted by Gasteiger charge is -2.13. The van der Waals surface area contributed by atoms with Gasteiger partial charge in [-0.2, -0.15) is 0 Å². The average Bonchev–Trinajstić information content (AvgIpc) is 2.90. The number of aromatic nitrogens is 1. The predicted octanol–water partition coefficient (Wildman–Crippen LogP) is 1.86. The average molecular weight is 379 g/mol. The Hall–Kier alpha value is -0.600. The van der Waals surface area contributed by atoms with Crippen molar-refractivity contribution in [3.63, 3.8) is 0 Å². The zero-order chi connectivity index (χ0) is 13.9. The Bertz CT molecular complexity index is 344. The van der Waals surface area contributed by atoms with Gasteiger partial charge in [0.15, 0.2) is 0 Å². The van der Waals surface area contributed by atoms with Gasteiger partial charge in [0.05, 0.1) is 6.61 Å². The third-order valence-corrected chi connectivity index (χ3v) is 3.30. The summed E-state index contributed by atoms with van der Waals surface area (Å²) in [5, 5.41) is 2.88. The molecule has 1 rings (SSSR count). The Morgan fingerprint density at radius 2 is 1.95 bits per heavy atom. The Morgan fingerprint density at radius 1 is 1.26 bits per heavy atom. The van der Waals surface area contributed by atoms with Crippen LogP contribution in [0.15, 0.2) is 24.5 Å². The summed E-state index contributed by atoms with van der Waals surface area (Å²) in [6.45, 7) is 2.02. The molecule has 0 aliphatic rings. The lowest BCUT2D eigenvalue weighted by Crippen LogP contribution is -2.43. The van der Waals surface area contributed by atoms with Crippen molar-refractivity contribution in [3.8, 4) is 0 Å². The number of unbranched alkanes of at least 4 members (excludes halogenated alkanes) is 3. The summed E-state index contributed by atoms with van der Waals surface area (Å²) in [6.07, 6.45) is 8.11. The SMILES string of the molecule is NC(Cn1cccc1)C(=O)NCCCCCCOI. The molecule has 5 nitrogen and oxygen atoms in total. The molecule has 0 bridgehead atoms. The Kier molecular flexibility index (Phi) is 8.85. The van der Waals surface area contributed by atoms with Gasteiger partial charge in [-0.1, -0.05) is 12.8 Å². The minimum Gasteiger partial charge on any atom is -0.355 e. The van der Waals surface area contributed by atoms with Gasteiger partial charge < -0.3 is 18.7 Å². The second-order valence-corrected chi connectivity index (χ2v) is 5.13. The van der Waals surface area contributed by atoms with Crippen LogP contribution in [0.3, 0.4) is 0 Å². The number of nitrogens with two attached hydrogens (primary N) is 1. The van der Waals surface area contributed by atoms with E-state index < -0.39 is 6.04 Å². The number of hydrogen-bond donors (Lipinski definition) is 2. The quantitative estimate of drug-likeness (QED) is 0.482. The fourth-order valence-electron chi connectivity index (χ4n) is 1.78. The van der Waals surface area contributed by atoms with Crippen LogP contribution in [0.4, 0.5) is 0 Å². The smallest absolute Gasteiger partial charge is 0.238 e. The summed E-state index contributed by atoms with van der Waals surface area (Å²) in [6, 6.07) is 3.36. The number of nitrogens with one attached hydrogen (secondary N) is 1. The third-order valence-electron chi connectivity index (χ3n) is 2.86. The van der Waals surface area contributed by atoms with Crippen molar-refractivity contribution < 1.29 is 7.86 Å². The molecule has 19 heavy (non-hydrogen) atoms. The van der Waals surface area contributed by atoms with Crippen LogP contribution in [-0.2, 0) is 14.4 Å². The molecule has 108 valence electrons. The van der Waals surface area contributed by atoms with Crippen LogP contribution < -0.4 is 11.1 Å². The Morgan fingerprint density at radius 3 is 2.63 bits per heavy atom. The second-order valence-electron chi connectivity index (χ2n) is 4.50. The van der Waals surface area contributed by atoms with Gasteiger partial charge in [-0.3, -0.25) is 4.79 Å². The van der Waals surface area contributed by atoms with Crippen LogP contribution in [0.1, 0.15) is 25.7 Å². The number of nitrogens with zero attached hydrogens (tertiary/aromatic N) is 1. The van der Waals surface area contributed by atoms with Gasteiger partial charge in [0.25, 0.3) is 0 Å². The second kappa shape index (κ2) is 10.2. The molecule has 0 radical (unpaired) electrons. The van der Waals surface area contributed by atoms with E-state index in [4.69, 9.17) is 8.80 Å². The van der Waals surface area contributed by atoms with Gasteiger partial charge >= 0.3 is 0 Å². The molecule has 0 spiro atoms. The Labute approximate surface area is 128 Å². The normalized spacial score (nSPS) is 12.3. The molecular weight excluding hydrogens is 357 g/mol. The maximum atomic E-state index is 11.7. The van der Waals surface area contributed by atoms with Crippen molar-refractivity contribution in [3.05, 3.63) is 24.5 Å². The highest BCUT2D eigenvalue weighted by Gasteiger charge is 2.12. The van der Waals surface area contributed by atoms with Crippen molar-refractivity contribution in [2.75, 3.05) is 13.2 Å². The van der Waals surface area contributed by atoms with E-state index in [0.717, 1.165) is 32.3 Å². The summed E-state index contributed by atoms with van der Waals surface area (Å²) in [4.78, 5) is 11.7. The number of carbonyl (C=O) groups excluding carboxylic acids is 1. The van der Waals surface area contributed by atoms with Crippen LogP contribution in [0.25, 0.3) is 0 Å². The molecule has 1 aromatic heterocycles. The summed E-state index contributed by atoms with van der Waals surface area (Å²) in [5.74, 6) is -0.0794. The maximum Gasteiger partial charge on any atom is 0.238 e. The highest BCUT2D eigenvalue weighted by molar-refractivity contribution is 14.1. The van der Waals surface area contributed by atoms with Crippen molar-refractivity contribution in [2.24, 2.45) is 5.73 Å². The largest absolute Gasteiger partial charge is 0.355 e. The van der Waals surface area contributed by atoms with Gasteiger partial charge in [0.1, 0.15) is 29.0 Å². The fraction of sp³-hybridized carbons (Fsp3) is 0.615. The van der Waals surface area contributed by atoms with Crippen LogP contribution in [-0.4, -0.2) is 29.7 Å². The van der Waals surface area contributed by atoms with Gasteiger partial charge in [0, 0.05) is 25.5 Å². The van der Waals surface area contributed by atoms with Gasteiger partial charge in [-0.05, 0) is 25.0 Å². The number of hydrogen-bond acceptors (Lipinski definition) is 3. The number of halogens is 1. The Balaban J connectivity index is 2.03. The van der Waals surface area contributed by atoms with E-state index in [-0.39, 0.29) is 5.91 Å². The molecule has 0 aliphatic heterocycles. The molecular formula is C13H22IN3O2. The first-order chi connectivity index (χ1) is 9.24. The summed E-state index contributed by atoms with van der Waals surface area (Å²) in [5.41, 5.74) is 5.84. The van der Waals surface area contributed by atoms with Gasteiger partial charge in [-0.15, -0.1) is 0 Å². The molecule has 0 saturated heterocycles. The van der Waals surface area contributed by atoms with E-state index in [0.29, 0.717) is 13.1 Å². The van der Waals surface area contributed by atoms with Crippen molar-refractivity contribution >= 4 is 28.9 Å². The van der Waals surface area contributed by atoms with Crippen LogP contribution in [0.2, 0.25) is 0 Å². The van der Waals surface area contributed by atoms with Gasteiger partial charge in [-0.25, -0.2) is 0 Å². The van der Waals surface area contributed by atoms with Gasteiger partial charge in [0.2, 0.25) is 5.91 Å². The third kappa shape index (κ3) is 7.54. The first-order valence-electron chi connectivity index (χ1n) is 6.61.